The summed E-state index contributed by atoms with van der Waals surface area (Å²) in [5, 5.41) is 1.38. The van der Waals surface area contributed by atoms with Gasteiger partial charge in [0, 0.05) is 43.1 Å². The Hall–Kier alpha value is -3.61. The summed E-state index contributed by atoms with van der Waals surface area (Å²) in [4.78, 5) is 41.9. The highest BCUT2D eigenvalue weighted by molar-refractivity contribution is 5.97. The Bertz CT molecular complexity index is 1380. The highest BCUT2D eigenvalue weighted by atomic mass is 16.3. The second-order valence-electron chi connectivity index (χ2n) is 7.25. The summed E-state index contributed by atoms with van der Waals surface area (Å²) < 4.78 is 7.06. The maximum Gasteiger partial charge on any atom is 0.328 e. The molecule has 0 fully saturated rings. The Morgan fingerprint density at radius 2 is 1.87 bits per heavy atom. The SMILES string of the molecule is CCc1oc2ccccc2c1CN(C)C(=O)c1ccc2c(=O)n(CC)c(=O)[nH]c2c1. The van der Waals surface area contributed by atoms with Gasteiger partial charge in [-0.25, -0.2) is 4.79 Å². The van der Waals surface area contributed by atoms with Crippen LogP contribution in [0, 0.1) is 0 Å². The van der Waals surface area contributed by atoms with Gasteiger partial charge in [-0.2, -0.15) is 0 Å². The predicted molar refractivity (Wildman–Crippen MR) is 116 cm³/mol. The number of para-hydroxylation sites is 1. The van der Waals surface area contributed by atoms with Crippen molar-refractivity contribution in [1.29, 1.82) is 0 Å². The van der Waals surface area contributed by atoms with Crippen molar-refractivity contribution in [3.8, 4) is 0 Å². The molecule has 30 heavy (non-hydrogen) atoms. The van der Waals surface area contributed by atoms with E-state index in [1.54, 1.807) is 37.1 Å². The first-order valence-electron chi connectivity index (χ1n) is 9.96. The molecule has 7 nitrogen and oxygen atoms in total. The fourth-order valence-electron chi connectivity index (χ4n) is 3.81. The average Bonchev–Trinajstić information content (AvgIpc) is 3.10. The minimum atomic E-state index is -0.481. The zero-order chi connectivity index (χ0) is 21.4. The molecule has 0 atom stereocenters. The predicted octanol–water partition coefficient (Wildman–Crippen LogP) is 3.29. The Morgan fingerprint density at radius 1 is 1.10 bits per heavy atom. The second kappa shape index (κ2) is 7.67. The van der Waals surface area contributed by atoms with E-state index < -0.39 is 5.69 Å². The van der Waals surface area contributed by atoms with Crippen molar-refractivity contribution in [2.45, 2.75) is 33.4 Å². The van der Waals surface area contributed by atoms with Gasteiger partial charge in [0.1, 0.15) is 11.3 Å². The molecule has 4 rings (SSSR count). The van der Waals surface area contributed by atoms with E-state index >= 15 is 0 Å². The summed E-state index contributed by atoms with van der Waals surface area (Å²) in [6, 6.07) is 12.6. The molecule has 0 saturated carbocycles. The van der Waals surface area contributed by atoms with Crippen LogP contribution in [0.3, 0.4) is 0 Å². The van der Waals surface area contributed by atoms with Gasteiger partial charge in [-0.1, -0.05) is 25.1 Å². The molecule has 0 saturated heterocycles. The minimum absolute atomic E-state index is 0.204. The molecule has 0 spiro atoms. The number of hydrogen-bond acceptors (Lipinski definition) is 4. The number of carbonyl (C=O) groups excluding carboxylic acids is 1. The van der Waals surface area contributed by atoms with Gasteiger partial charge in [-0.3, -0.25) is 14.2 Å². The van der Waals surface area contributed by atoms with Crippen LogP contribution in [0.15, 0.2) is 56.5 Å². The number of rotatable bonds is 5. The Balaban J connectivity index is 1.69. The lowest BCUT2D eigenvalue weighted by molar-refractivity contribution is 0.0785. The van der Waals surface area contributed by atoms with Crippen LogP contribution >= 0.6 is 0 Å². The van der Waals surface area contributed by atoms with Crippen LogP contribution < -0.4 is 11.2 Å². The first-order chi connectivity index (χ1) is 14.4. The summed E-state index contributed by atoms with van der Waals surface area (Å²) in [6.45, 7) is 4.43. The van der Waals surface area contributed by atoms with Crippen molar-refractivity contribution in [2.24, 2.45) is 0 Å². The quantitative estimate of drug-likeness (QED) is 0.552. The Kier molecular flexibility index (Phi) is 5.03. The zero-order valence-corrected chi connectivity index (χ0v) is 17.2. The fraction of sp³-hybridized carbons (Fsp3) is 0.261. The summed E-state index contributed by atoms with van der Waals surface area (Å²) >= 11 is 0. The van der Waals surface area contributed by atoms with Crippen LogP contribution in [0.4, 0.5) is 0 Å². The van der Waals surface area contributed by atoms with Crippen LogP contribution in [0.1, 0.15) is 35.5 Å². The lowest BCUT2D eigenvalue weighted by Gasteiger charge is -2.18. The lowest BCUT2D eigenvalue weighted by atomic mass is 10.1. The molecule has 2 aromatic heterocycles. The number of aryl methyl sites for hydroxylation is 1. The second-order valence-corrected chi connectivity index (χ2v) is 7.25. The zero-order valence-electron chi connectivity index (χ0n) is 17.2. The van der Waals surface area contributed by atoms with E-state index in [-0.39, 0.29) is 18.0 Å². The molecular weight excluding hydrogens is 382 g/mol. The lowest BCUT2D eigenvalue weighted by Crippen LogP contribution is -2.34. The number of fused-ring (bicyclic) bond motifs is 2. The molecule has 154 valence electrons. The van der Waals surface area contributed by atoms with Crippen LogP contribution in [-0.4, -0.2) is 27.4 Å². The van der Waals surface area contributed by atoms with Crippen molar-refractivity contribution < 1.29 is 9.21 Å². The Morgan fingerprint density at radius 3 is 2.60 bits per heavy atom. The summed E-state index contributed by atoms with van der Waals surface area (Å²) in [5.74, 6) is 0.656. The van der Waals surface area contributed by atoms with Gasteiger partial charge < -0.3 is 14.3 Å². The number of furan rings is 1. The molecule has 2 aromatic carbocycles. The van der Waals surface area contributed by atoms with E-state index in [1.807, 2.05) is 31.2 Å². The molecular formula is C23H23N3O4. The number of H-pyrrole nitrogens is 1. The monoisotopic (exact) mass is 405 g/mol. The summed E-state index contributed by atoms with van der Waals surface area (Å²) in [7, 11) is 1.73. The Labute approximate surface area is 172 Å². The first kappa shape index (κ1) is 19.7. The maximum atomic E-state index is 13.1. The van der Waals surface area contributed by atoms with E-state index in [1.165, 1.54) is 0 Å². The summed E-state index contributed by atoms with van der Waals surface area (Å²) in [5.41, 5.74) is 1.72. The molecule has 7 heteroatoms. The van der Waals surface area contributed by atoms with Crippen LogP contribution in [-0.2, 0) is 19.5 Å². The van der Waals surface area contributed by atoms with E-state index in [9.17, 15) is 14.4 Å². The van der Waals surface area contributed by atoms with E-state index in [0.717, 1.165) is 33.3 Å². The molecule has 0 aliphatic heterocycles. The van der Waals surface area contributed by atoms with Crippen molar-refractivity contribution in [3.05, 3.63) is 80.2 Å². The van der Waals surface area contributed by atoms with E-state index in [2.05, 4.69) is 4.98 Å². The fourth-order valence-corrected chi connectivity index (χ4v) is 3.81. The molecule has 4 aromatic rings. The van der Waals surface area contributed by atoms with Crippen molar-refractivity contribution >= 4 is 27.8 Å². The van der Waals surface area contributed by atoms with Gasteiger partial charge in [0.2, 0.25) is 0 Å². The number of aromatic amines is 1. The highest BCUT2D eigenvalue weighted by Crippen LogP contribution is 2.27. The molecule has 0 radical (unpaired) electrons. The van der Waals surface area contributed by atoms with Crippen molar-refractivity contribution in [2.75, 3.05) is 7.05 Å². The third-order valence-corrected chi connectivity index (χ3v) is 5.39. The van der Waals surface area contributed by atoms with Gasteiger partial charge in [0.05, 0.1) is 10.9 Å². The van der Waals surface area contributed by atoms with Gasteiger partial charge in [0.15, 0.2) is 0 Å². The smallest absolute Gasteiger partial charge is 0.328 e. The van der Waals surface area contributed by atoms with Gasteiger partial charge >= 0.3 is 5.69 Å². The average molecular weight is 405 g/mol. The molecule has 0 unspecified atom stereocenters. The third-order valence-electron chi connectivity index (χ3n) is 5.39. The molecule has 1 amide bonds. The highest BCUT2D eigenvalue weighted by Gasteiger charge is 2.19. The minimum Gasteiger partial charge on any atom is -0.461 e. The van der Waals surface area contributed by atoms with Crippen molar-refractivity contribution in [3.63, 3.8) is 0 Å². The van der Waals surface area contributed by atoms with Gasteiger partial charge in [-0.15, -0.1) is 0 Å². The maximum absolute atomic E-state index is 13.1. The molecule has 2 heterocycles. The number of hydrogen-bond donors (Lipinski definition) is 1. The first-order valence-corrected chi connectivity index (χ1v) is 9.96. The largest absolute Gasteiger partial charge is 0.461 e. The standard InChI is InChI=1S/C23H23N3O4/c1-4-19-17(15-8-6-7-9-20(15)30-19)13-25(3)21(27)14-10-11-16-18(12-14)24-23(29)26(5-2)22(16)28/h6-12H,4-5,13H2,1-3H3,(H,24,29). The van der Waals surface area contributed by atoms with Crippen LogP contribution in [0.2, 0.25) is 0 Å². The topological polar surface area (TPSA) is 88.3 Å². The number of aromatic nitrogens is 2. The summed E-state index contributed by atoms with van der Waals surface area (Å²) in [6.07, 6.45) is 0.729. The van der Waals surface area contributed by atoms with E-state index in [4.69, 9.17) is 4.42 Å². The number of carbonyl (C=O) groups is 1. The number of nitrogens with one attached hydrogen (secondary N) is 1. The third kappa shape index (κ3) is 3.22. The van der Waals surface area contributed by atoms with Crippen LogP contribution in [0.5, 0.6) is 0 Å². The number of amides is 1. The normalized spacial score (nSPS) is 11.3. The van der Waals surface area contributed by atoms with Crippen molar-refractivity contribution in [1.82, 2.24) is 14.5 Å². The van der Waals surface area contributed by atoms with Gasteiger partial charge in [-0.05, 0) is 31.2 Å². The van der Waals surface area contributed by atoms with E-state index in [0.29, 0.717) is 23.0 Å². The molecule has 0 aliphatic rings. The molecule has 0 aliphatic carbocycles. The number of nitrogens with zero attached hydrogens (tertiary/aromatic N) is 2. The van der Waals surface area contributed by atoms with Gasteiger partial charge in [0.25, 0.3) is 11.5 Å². The number of benzene rings is 2. The van der Waals surface area contributed by atoms with Crippen LogP contribution in [0.25, 0.3) is 21.9 Å². The molecule has 1 N–H and O–H groups in total. The molecule has 0 bridgehead atoms.